The van der Waals surface area contributed by atoms with Crippen LogP contribution in [-0.4, -0.2) is 15.3 Å². The van der Waals surface area contributed by atoms with Gasteiger partial charge in [0, 0.05) is 0 Å². The number of aromatic hydroxyl groups is 3. The van der Waals surface area contributed by atoms with Crippen LogP contribution in [0.5, 0.6) is 17.2 Å². The van der Waals surface area contributed by atoms with Crippen molar-refractivity contribution in [2.24, 2.45) is 0 Å². The minimum absolute atomic E-state index is 0.268. The molecule has 0 aliphatic carbocycles. The van der Waals surface area contributed by atoms with Crippen LogP contribution >= 0.6 is 0 Å². The van der Waals surface area contributed by atoms with Crippen LogP contribution in [0.3, 0.4) is 0 Å². The molecular weight excluding hydrogens is 300 g/mol. The number of benzene rings is 3. The molecule has 0 bridgehead atoms. The summed E-state index contributed by atoms with van der Waals surface area (Å²) in [5.41, 5.74) is 3.21. The largest absolute Gasteiger partial charge is 0.508 e. The summed E-state index contributed by atoms with van der Waals surface area (Å²) in [5, 5.41) is 27.0. The first kappa shape index (κ1) is 17.2. The van der Waals surface area contributed by atoms with Crippen molar-refractivity contribution in [3.8, 4) is 17.2 Å². The van der Waals surface area contributed by atoms with Crippen molar-refractivity contribution in [1.82, 2.24) is 0 Å². The van der Waals surface area contributed by atoms with Crippen molar-refractivity contribution < 1.29 is 15.3 Å². The highest BCUT2D eigenvalue weighted by atomic mass is 16.3. The molecule has 3 rings (SSSR count). The zero-order chi connectivity index (χ0) is 17.4. The van der Waals surface area contributed by atoms with E-state index in [1.54, 1.807) is 48.5 Å². The maximum absolute atomic E-state index is 9.21. The minimum Gasteiger partial charge on any atom is -0.508 e. The molecule has 0 spiro atoms. The van der Waals surface area contributed by atoms with Crippen LogP contribution in [0.15, 0.2) is 78.9 Å². The lowest BCUT2D eigenvalue weighted by molar-refractivity contribution is 0.474. The van der Waals surface area contributed by atoms with Gasteiger partial charge in [-0.05, 0) is 60.0 Å². The molecule has 122 valence electrons. The van der Waals surface area contributed by atoms with Crippen LogP contribution in [0.25, 0.3) is 11.6 Å². The van der Waals surface area contributed by atoms with Crippen LogP contribution in [0.2, 0.25) is 0 Å². The van der Waals surface area contributed by atoms with Crippen molar-refractivity contribution in [2.45, 2.75) is 6.92 Å². The van der Waals surface area contributed by atoms with E-state index in [1.165, 1.54) is 0 Å². The van der Waals surface area contributed by atoms with Gasteiger partial charge in [-0.25, -0.2) is 0 Å². The molecule has 0 unspecified atom stereocenters. The van der Waals surface area contributed by atoms with Gasteiger partial charge >= 0.3 is 0 Å². The van der Waals surface area contributed by atoms with Gasteiger partial charge in [0.25, 0.3) is 0 Å². The van der Waals surface area contributed by atoms with Gasteiger partial charge in [-0.3, -0.25) is 0 Å². The zero-order valence-electron chi connectivity index (χ0n) is 13.4. The summed E-state index contributed by atoms with van der Waals surface area (Å²) in [7, 11) is 0. The highest BCUT2D eigenvalue weighted by Crippen LogP contribution is 2.21. The van der Waals surface area contributed by atoms with Crippen molar-refractivity contribution >= 4 is 11.6 Å². The quantitative estimate of drug-likeness (QED) is 0.579. The lowest BCUT2D eigenvalue weighted by Gasteiger charge is -2.02. The third-order valence-corrected chi connectivity index (χ3v) is 3.36. The fraction of sp³-hybridized carbons (Fsp3) is 0.0476. The van der Waals surface area contributed by atoms with Gasteiger partial charge in [0.2, 0.25) is 0 Å². The van der Waals surface area contributed by atoms with E-state index >= 15 is 0 Å². The maximum Gasteiger partial charge on any atom is 0.115 e. The number of hydrogen-bond acceptors (Lipinski definition) is 3. The molecule has 3 aromatic rings. The average molecular weight is 320 g/mol. The standard InChI is InChI=1S/C15H14O2.C6H6O/c1-11(13-4-8-15(17)9-5-13)10-12-2-6-14(16)7-3-12;7-6-4-2-1-3-5-6/h2-10,16-17H,1H3;1-5,7H. The Morgan fingerprint density at radius 1 is 0.625 bits per heavy atom. The maximum atomic E-state index is 9.21. The summed E-state index contributed by atoms with van der Waals surface area (Å²) in [6.45, 7) is 2.01. The van der Waals surface area contributed by atoms with Gasteiger partial charge in [-0.2, -0.15) is 0 Å². The molecule has 3 N–H and O–H groups in total. The van der Waals surface area contributed by atoms with E-state index in [0.29, 0.717) is 5.75 Å². The first-order valence-corrected chi connectivity index (χ1v) is 7.55. The molecule has 3 aromatic carbocycles. The fourth-order valence-electron chi connectivity index (χ4n) is 2.06. The molecule has 24 heavy (non-hydrogen) atoms. The summed E-state index contributed by atoms with van der Waals surface area (Å²) in [4.78, 5) is 0. The first-order chi connectivity index (χ1) is 11.5. The Bertz CT molecular complexity index is 774. The Hall–Kier alpha value is -3.20. The third kappa shape index (κ3) is 5.54. The molecule has 0 aromatic heterocycles. The van der Waals surface area contributed by atoms with E-state index in [0.717, 1.165) is 16.7 Å². The molecule has 0 saturated heterocycles. The number of hydrogen-bond donors (Lipinski definition) is 3. The summed E-state index contributed by atoms with van der Waals surface area (Å²) in [6.07, 6.45) is 2.03. The van der Waals surface area contributed by atoms with E-state index in [9.17, 15) is 10.2 Å². The SMILES string of the molecule is CC(=Cc1ccc(O)cc1)c1ccc(O)cc1.Oc1ccccc1. The Kier molecular flexibility index (Phi) is 6.03. The lowest BCUT2D eigenvalue weighted by Crippen LogP contribution is -1.79. The first-order valence-electron chi connectivity index (χ1n) is 7.55. The molecule has 0 fully saturated rings. The predicted octanol–water partition coefficient (Wildman–Crippen LogP) is 5.05. The van der Waals surface area contributed by atoms with Crippen LogP contribution < -0.4 is 0 Å². The monoisotopic (exact) mass is 320 g/mol. The van der Waals surface area contributed by atoms with Gasteiger partial charge in [0.15, 0.2) is 0 Å². The zero-order valence-corrected chi connectivity index (χ0v) is 13.4. The van der Waals surface area contributed by atoms with Crippen molar-refractivity contribution in [3.63, 3.8) is 0 Å². The number of phenolic OH excluding ortho intramolecular Hbond substituents is 3. The molecule has 3 heteroatoms. The highest BCUT2D eigenvalue weighted by molar-refractivity contribution is 5.80. The molecule has 0 aliphatic rings. The van der Waals surface area contributed by atoms with Gasteiger partial charge < -0.3 is 15.3 Å². The number of phenols is 3. The Morgan fingerprint density at radius 3 is 1.54 bits per heavy atom. The van der Waals surface area contributed by atoms with E-state index in [2.05, 4.69) is 0 Å². The van der Waals surface area contributed by atoms with E-state index in [4.69, 9.17) is 5.11 Å². The summed E-state index contributed by atoms with van der Waals surface area (Å²) in [6, 6.07) is 22.9. The summed E-state index contributed by atoms with van der Waals surface area (Å²) in [5.74, 6) is 0.859. The summed E-state index contributed by atoms with van der Waals surface area (Å²) < 4.78 is 0. The third-order valence-electron chi connectivity index (χ3n) is 3.36. The van der Waals surface area contributed by atoms with Crippen molar-refractivity contribution in [2.75, 3.05) is 0 Å². The second-order valence-corrected chi connectivity index (χ2v) is 5.30. The molecule has 0 amide bonds. The van der Waals surface area contributed by atoms with E-state index in [-0.39, 0.29) is 11.5 Å². The fourth-order valence-corrected chi connectivity index (χ4v) is 2.06. The van der Waals surface area contributed by atoms with Crippen molar-refractivity contribution in [1.29, 1.82) is 0 Å². The van der Waals surface area contributed by atoms with Crippen LogP contribution in [0.4, 0.5) is 0 Å². The normalized spacial score (nSPS) is 10.6. The van der Waals surface area contributed by atoms with Gasteiger partial charge in [0.1, 0.15) is 17.2 Å². The Morgan fingerprint density at radius 2 is 1.08 bits per heavy atom. The van der Waals surface area contributed by atoms with Gasteiger partial charge in [-0.1, -0.05) is 48.5 Å². The highest BCUT2D eigenvalue weighted by Gasteiger charge is 1.97. The molecule has 3 nitrogen and oxygen atoms in total. The number of para-hydroxylation sites is 1. The van der Waals surface area contributed by atoms with Crippen molar-refractivity contribution in [3.05, 3.63) is 90.0 Å². The van der Waals surface area contributed by atoms with Gasteiger partial charge in [-0.15, -0.1) is 0 Å². The Labute approximate surface area is 141 Å². The summed E-state index contributed by atoms with van der Waals surface area (Å²) >= 11 is 0. The van der Waals surface area contributed by atoms with Crippen LogP contribution in [-0.2, 0) is 0 Å². The molecule has 0 aliphatic heterocycles. The average Bonchev–Trinajstić information content (AvgIpc) is 2.59. The number of allylic oxidation sites excluding steroid dienone is 1. The Balaban J connectivity index is 0.000000249. The van der Waals surface area contributed by atoms with Gasteiger partial charge in [0.05, 0.1) is 0 Å². The van der Waals surface area contributed by atoms with Crippen LogP contribution in [0, 0.1) is 0 Å². The second-order valence-electron chi connectivity index (χ2n) is 5.30. The van der Waals surface area contributed by atoms with E-state index in [1.807, 2.05) is 43.3 Å². The predicted molar refractivity (Wildman–Crippen MR) is 97.9 cm³/mol. The lowest BCUT2D eigenvalue weighted by atomic mass is 10.0. The molecule has 0 atom stereocenters. The number of rotatable bonds is 2. The second kappa shape index (κ2) is 8.44. The van der Waals surface area contributed by atoms with Crippen LogP contribution in [0.1, 0.15) is 18.1 Å². The molecular formula is C21H20O3. The minimum atomic E-state index is 0.268. The molecule has 0 radical (unpaired) electrons. The van der Waals surface area contributed by atoms with E-state index < -0.39 is 0 Å². The smallest absolute Gasteiger partial charge is 0.115 e. The molecule has 0 heterocycles. The molecule has 0 saturated carbocycles. The topological polar surface area (TPSA) is 60.7 Å².